The summed E-state index contributed by atoms with van der Waals surface area (Å²) in [5.74, 6) is -2.28. The van der Waals surface area contributed by atoms with Crippen LogP contribution in [0, 0.1) is 10.1 Å². The molecule has 0 aliphatic carbocycles. The van der Waals surface area contributed by atoms with E-state index in [1.807, 2.05) is 18.2 Å². The molecule has 13 nitrogen and oxygen atoms in total. The van der Waals surface area contributed by atoms with Crippen molar-refractivity contribution in [2.75, 3.05) is 24.8 Å². The molecule has 3 aromatic rings. The van der Waals surface area contributed by atoms with E-state index in [4.69, 9.17) is 4.52 Å². The number of nitro groups is 1. The van der Waals surface area contributed by atoms with E-state index >= 15 is 0 Å². The minimum Gasteiger partial charge on any atom is -0.343 e. The highest BCUT2D eigenvalue weighted by Crippen LogP contribution is 2.55. The number of fused-ring (bicyclic) bond motifs is 1. The van der Waals surface area contributed by atoms with Gasteiger partial charge in [-0.3, -0.25) is 38.8 Å². The Bertz CT molecular complexity index is 1630. The van der Waals surface area contributed by atoms with E-state index in [0.29, 0.717) is 18.5 Å². The molecule has 1 saturated heterocycles. The number of amides is 4. The van der Waals surface area contributed by atoms with Gasteiger partial charge in [0.2, 0.25) is 11.8 Å². The molecular weight excluding hydrogens is 601 g/mol. The van der Waals surface area contributed by atoms with E-state index in [0.717, 1.165) is 10.5 Å². The predicted octanol–water partition coefficient (Wildman–Crippen LogP) is 4.21. The molecule has 0 aromatic heterocycles. The zero-order valence-corrected chi connectivity index (χ0v) is 25.4. The fourth-order valence-corrected chi connectivity index (χ4v) is 8.05. The molecule has 45 heavy (non-hydrogen) atoms. The Morgan fingerprint density at radius 3 is 2.22 bits per heavy atom. The lowest BCUT2D eigenvalue weighted by atomic mass is 10.0. The van der Waals surface area contributed by atoms with Crippen LogP contribution < -0.4 is 10.6 Å². The van der Waals surface area contributed by atoms with Crippen molar-refractivity contribution in [2.45, 2.75) is 38.3 Å². The molecule has 0 radical (unpaired) electrons. The van der Waals surface area contributed by atoms with Gasteiger partial charge < -0.3 is 15.2 Å². The summed E-state index contributed by atoms with van der Waals surface area (Å²) in [5.41, 5.74) is 1.37. The van der Waals surface area contributed by atoms with Crippen LogP contribution in [0.15, 0.2) is 78.9 Å². The molecule has 0 spiro atoms. The highest BCUT2D eigenvalue weighted by Gasteiger charge is 2.48. The van der Waals surface area contributed by atoms with Crippen LogP contribution in [0.1, 0.15) is 46.0 Å². The van der Waals surface area contributed by atoms with E-state index in [1.165, 1.54) is 41.1 Å². The van der Waals surface area contributed by atoms with Crippen LogP contribution in [-0.4, -0.2) is 69.6 Å². The van der Waals surface area contributed by atoms with Crippen molar-refractivity contribution in [3.63, 3.8) is 0 Å². The molecule has 1 fully saturated rings. The monoisotopic (exact) mass is 633 g/mol. The summed E-state index contributed by atoms with van der Waals surface area (Å²) < 4.78 is 21.6. The Morgan fingerprint density at radius 2 is 1.62 bits per heavy atom. The highest BCUT2D eigenvalue weighted by atomic mass is 31.2. The Balaban J connectivity index is 1.35. The highest BCUT2D eigenvalue weighted by molar-refractivity contribution is 7.56. The van der Waals surface area contributed by atoms with Gasteiger partial charge in [0.05, 0.1) is 28.7 Å². The van der Waals surface area contributed by atoms with Crippen LogP contribution in [0.2, 0.25) is 0 Å². The fraction of sp³-hybridized carbons (Fsp3) is 0.290. The molecule has 3 atom stereocenters. The lowest BCUT2D eigenvalue weighted by Crippen LogP contribution is -2.51. The van der Waals surface area contributed by atoms with Gasteiger partial charge in [0, 0.05) is 30.8 Å². The molecular formula is C31H32N5O8P. The summed E-state index contributed by atoms with van der Waals surface area (Å²) in [5, 5.41) is 16.5. The van der Waals surface area contributed by atoms with E-state index in [-0.39, 0.29) is 36.4 Å². The van der Waals surface area contributed by atoms with Gasteiger partial charge in [-0.05, 0) is 49.6 Å². The van der Waals surface area contributed by atoms with Crippen LogP contribution in [0.25, 0.3) is 0 Å². The summed E-state index contributed by atoms with van der Waals surface area (Å²) in [6.07, 6.45) is 0.421. The third kappa shape index (κ3) is 6.85. The van der Waals surface area contributed by atoms with Crippen LogP contribution in [0.4, 0.5) is 11.4 Å². The maximum Gasteiger partial charge on any atom is 0.292 e. The van der Waals surface area contributed by atoms with E-state index in [9.17, 15) is 33.9 Å². The molecule has 234 valence electrons. The van der Waals surface area contributed by atoms with Gasteiger partial charge in [-0.15, -0.1) is 0 Å². The summed E-state index contributed by atoms with van der Waals surface area (Å²) >= 11 is 0. The van der Waals surface area contributed by atoms with Gasteiger partial charge in [0.1, 0.15) is 12.3 Å². The van der Waals surface area contributed by atoms with E-state index in [2.05, 4.69) is 10.6 Å². The van der Waals surface area contributed by atoms with Crippen LogP contribution >= 0.6 is 7.52 Å². The maximum atomic E-state index is 14.4. The number of nitro benzene ring substituents is 1. The number of nitrogens with one attached hydrogen (secondary N) is 2. The number of anilines is 1. The number of hydrogen-bond donors (Lipinski definition) is 2. The van der Waals surface area contributed by atoms with Crippen LogP contribution in [-0.2, 0) is 25.1 Å². The number of nitrogens with zero attached hydrogens (tertiary/aromatic N) is 3. The van der Waals surface area contributed by atoms with Crippen molar-refractivity contribution in [2.24, 2.45) is 0 Å². The van der Waals surface area contributed by atoms with Gasteiger partial charge in [0.15, 0.2) is 0 Å². The zero-order chi connectivity index (χ0) is 32.1. The number of carbonyl (C=O) groups excluding carboxylic acids is 4. The minimum atomic E-state index is -3.93. The first-order valence-electron chi connectivity index (χ1n) is 14.5. The SMILES string of the molecule is CCO[P@](=O)(CN1C(=O)c2ccccc2C1=O)N1CCC[C@H]1C(=O)N[C@@H](Cc1ccccc1)C(=O)Nc1ccc([N+](=O)[O-])cc1. The Hall–Kier alpha value is -4.71. The van der Waals surface area contributed by atoms with Gasteiger partial charge in [0.25, 0.3) is 25.0 Å². The molecule has 2 heterocycles. The first kappa shape index (κ1) is 31.7. The van der Waals surface area contributed by atoms with Gasteiger partial charge in [-0.2, -0.15) is 0 Å². The molecule has 14 heteroatoms. The summed E-state index contributed by atoms with van der Waals surface area (Å²) in [7, 11) is -3.93. The largest absolute Gasteiger partial charge is 0.343 e. The maximum absolute atomic E-state index is 14.4. The van der Waals surface area contributed by atoms with Crippen molar-refractivity contribution in [3.8, 4) is 0 Å². The summed E-state index contributed by atoms with van der Waals surface area (Å²) in [6.45, 7) is 1.87. The second-order valence-electron chi connectivity index (χ2n) is 10.6. The molecule has 5 rings (SSSR count). The molecule has 2 N–H and O–H groups in total. The molecule has 0 saturated carbocycles. The standard InChI is InChI=1S/C31H32N5O8P/c1-2-44-45(43,20-34-30(39)24-11-6-7-12-25(24)31(34)40)35-18-8-13-27(35)29(38)33-26(19-21-9-4-3-5-10-21)28(37)32-22-14-16-23(17-15-22)36(41)42/h3-7,9-12,14-17,26-27H,2,8,13,18-20H2,1H3,(H,32,37)(H,33,38)/t26-,27-,45+/m0/s1. The zero-order valence-electron chi connectivity index (χ0n) is 24.5. The molecule has 0 unspecified atom stereocenters. The van der Waals surface area contributed by atoms with Crippen molar-refractivity contribution >= 4 is 42.5 Å². The Morgan fingerprint density at radius 1 is 1.00 bits per heavy atom. The smallest absolute Gasteiger partial charge is 0.292 e. The first-order valence-corrected chi connectivity index (χ1v) is 16.2. The number of hydrogen-bond acceptors (Lipinski definition) is 8. The van der Waals surface area contributed by atoms with Crippen LogP contribution in [0.5, 0.6) is 0 Å². The fourth-order valence-electron chi connectivity index (χ4n) is 5.55. The number of imide groups is 1. The normalized spacial score (nSPS) is 18.2. The van der Waals surface area contributed by atoms with Gasteiger partial charge in [-0.1, -0.05) is 42.5 Å². The Labute approximate surface area is 259 Å². The molecule has 2 aliphatic rings. The lowest BCUT2D eigenvalue weighted by Gasteiger charge is -2.34. The topological polar surface area (TPSA) is 168 Å². The third-order valence-electron chi connectivity index (χ3n) is 7.71. The number of non-ortho nitro benzene ring substituents is 1. The number of carbonyl (C=O) groups is 4. The lowest BCUT2D eigenvalue weighted by molar-refractivity contribution is -0.384. The summed E-state index contributed by atoms with van der Waals surface area (Å²) in [6, 6.07) is 18.7. The van der Waals surface area contributed by atoms with E-state index in [1.54, 1.807) is 31.2 Å². The number of rotatable bonds is 12. The quantitative estimate of drug-likeness (QED) is 0.128. The van der Waals surface area contributed by atoms with Crippen molar-refractivity contribution in [3.05, 3.63) is 106 Å². The minimum absolute atomic E-state index is 0.0135. The van der Waals surface area contributed by atoms with Gasteiger partial charge in [-0.25, -0.2) is 4.67 Å². The average molecular weight is 634 g/mol. The van der Waals surface area contributed by atoms with E-state index < -0.39 is 54.4 Å². The average Bonchev–Trinajstić information content (AvgIpc) is 3.63. The molecule has 3 aromatic carbocycles. The second kappa shape index (κ2) is 13.5. The van der Waals surface area contributed by atoms with Crippen molar-refractivity contribution in [1.82, 2.24) is 14.9 Å². The van der Waals surface area contributed by atoms with Crippen molar-refractivity contribution < 1.29 is 33.2 Å². The number of benzene rings is 3. The molecule has 0 bridgehead atoms. The predicted molar refractivity (Wildman–Crippen MR) is 165 cm³/mol. The summed E-state index contributed by atoms with van der Waals surface area (Å²) in [4.78, 5) is 64.7. The van der Waals surface area contributed by atoms with Crippen molar-refractivity contribution in [1.29, 1.82) is 0 Å². The Kier molecular flexibility index (Phi) is 9.52. The molecule has 2 aliphatic heterocycles. The third-order valence-corrected chi connectivity index (χ3v) is 10.3. The second-order valence-corrected chi connectivity index (χ2v) is 13.0. The van der Waals surface area contributed by atoms with Gasteiger partial charge >= 0.3 is 0 Å². The molecule has 4 amide bonds. The first-order chi connectivity index (χ1) is 21.6. The van der Waals surface area contributed by atoms with Crippen LogP contribution in [0.3, 0.4) is 0 Å².